The molecule has 0 aliphatic carbocycles. The number of carboxylic acids is 1. The first-order valence-electron chi connectivity index (χ1n) is 5.41. The summed E-state index contributed by atoms with van der Waals surface area (Å²) in [6.45, 7) is -0.0737. The molecule has 6 nitrogen and oxygen atoms in total. The van der Waals surface area contributed by atoms with Crippen LogP contribution in [0.5, 0.6) is 0 Å². The maximum Gasteiger partial charge on any atom is 0.332 e. The first-order chi connectivity index (χ1) is 9.31. The number of halogens is 3. The van der Waals surface area contributed by atoms with Crippen LogP contribution in [0.2, 0.25) is 10.0 Å². The quantitative estimate of drug-likeness (QED) is 0.666. The number of hydrogen-bond acceptors (Lipinski definition) is 3. The van der Waals surface area contributed by atoms with Gasteiger partial charge in [0.25, 0.3) is 0 Å². The van der Waals surface area contributed by atoms with E-state index in [2.05, 4.69) is 10.6 Å². The van der Waals surface area contributed by atoms with Crippen molar-refractivity contribution in [2.45, 2.75) is 12.5 Å². The van der Waals surface area contributed by atoms with Crippen molar-refractivity contribution in [3.8, 4) is 0 Å². The van der Waals surface area contributed by atoms with Crippen LogP contribution in [0.4, 0.5) is 14.9 Å². The van der Waals surface area contributed by atoms with Gasteiger partial charge in [-0.2, -0.15) is 0 Å². The normalized spacial score (nSPS) is 11.8. The molecule has 0 saturated carbocycles. The maximum atomic E-state index is 12.9. The van der Waals surface area contributed by atoms with Gasteiger partial charge < -0.3 is 20.8 Å². The molecule has 0 heterocycles. The number of carbonyl (C=O) groups is 2. The summed E-state index contributed by atoms with van der Waals surface area (Å²) < 4.78 is 12.9. The number of carboxylic acid groups (broad SMARTS) is 1. The second kappa shape index (κ2) is 7.28. The molecule has 1 aromatic rings. The van der Waals surface area contributed by atoms with Gasteiger partial charge in [0.05, 0.1) is 15.7 Å². The molecular formula is C11H11Cl2FN2O4. The van der Waals surface area contributed by atoms with Crippen molar-refractivity contribution in [1.29, 1.82) is 0 Å². The highest BCUT2D eigenvalue weighted by atomic mass is 35.5. The average molecular weight is 325 g/mol. The lowest BCUT2D eigenvalue weighted by molar-refractivity contribution is -0.146. The summed E-state index contributed by atoms with van der Waals surface area (Å²) in [5.74, 6) is -2.02. The molecule has 0 aliphatic rings. The largest absolute Gasteiger partial charge is 0.479 e. The number of carbonyl (C=O) groups excluding carboxylic acids is 1. The Balaban J connectivity index is 2.53. The fourth-order valence-electron chi connectivity index (χ4n) is 1.27. The highest BCUT2D eigenvalue weighted by Crippen LogP contribution is 2.31. The zero-order valence-corrected chi connectivity index (χ0v) is 11.5. The monoisotopic (exact) mass is 324 g/mol. The summed E-state index contributed by atoms with van der Waals surface area (Å²) in [6, 6.07) is 1.26. The predicted octanol–water partition coefficient (Wildman–Crippen LogP) is 2.09. The molecule has 1 aromatic carbocycles. The zero-order valence-electron chi connectivity index (χ0n) is 9.99. The van der Waals surface area contributed by atoms with Crippen molar-refractivity contribution in [3.63, 3.8) is 0 Å². The van der Waals surface area contributed by atoms with Crippen molar-refractivity contribution in [3.05, 3.63) is 28.0 Å². The molecule has 1 atom stereocenters. The number of anilines is 1. The van der Waals surface area contributed by atoms with Gasteiger partial charge in [-0.3, -0.25) is 0 Å². The van der Waals surface area contributed by atoms with Crippen LogP contribution in [-0.2, 0) is 4.79 Å². The maximum absolute atomic E-state index is 12.9. The summed E-state index contributed by atoms with van der Waals surface area (Å²) in [5.41, 5.74) is 0.0333. The Labute approximate surface area is 123 Å². The van der Waals surface area contributed by atoms with Crippen LogP contribution in [0.15, 0.2) is 12.1 Å². The van der Waals surface area contributed by atoms with Crippen molar-refractivity contribution in [2.75, 3.05) is 11.9 Å². The Kier molecular flexibility index (Phi) is 6.00. The van der Waals surface area contributed by atoms with Crippen molar-refractivity contribution < 1.29 is 24.2 Å². The van der Waals surface area contributed by atoms with Crippen molar-refractivity contribution in [1.82, 2.24) is 5.32 Å². The summed E-state index contributed by atoms with van der Waals surface area (Å²) in [7, 11) is 0. The highest BCUT2D eigenvalue weighted by Gasteiger charge is 2.14. The summed E-state index contributed by atoms with van der Waals surface area (Å²) in [4.78, 5) is 21.8. The number of aliphatic hydroxyl groups is 1. The van der Waals surface area contributed by atoms with E-state index in [0.29, 0.717) is 0 Å². The Hall–Kier alpha value is -1.57. The molecule has 1 unspecified atom stereocenters. The minimum Gasteiger partial charge on any atom is -0.479 e. The second-order valence-corrected chi connectivity index (χ2v) is 4.58. The summed E-state index contributed by atoms with van der Waals surface area (Å²) >= 11 is 11.4. The number of urea groups is 1. The molecule has 0 fully saturated rings. The third kappa shape index (κ3) is 4.84. The average Bonchev–Trinajstić information content (AvgIpc) is 2.33. The molecule has 0 spiro atoms. The van der Waals surface area contributed by atoms with E-state index < -0.39 is 23.9 Å². The zero-order chi connectivity index (χ0) is 15.3. The molecule has 0 radical (unpaired) electrons. The van der Waals surface area contributed by atoms with E-state index in [1.165, 1.54) is 0 Å². The van der Waals surface area contributed by atoms with E-state index >= 15 is 0 Å². The number of aliphatic hydroxyl groups excluding tert-OH is 1. The van der Waals surface area contributed by atoms with E-state index in [1.54, 1.807) is 0 Å². The Morgan fingerprint density at radius 1 is 1.30 bits per heavy atom. The summed E-state index contributed by atoms with van der Waals surface area (Å²) in [6.07, 6.45) is -1.72. The lowest BCUT2D eigenvalue weighted by atomic mass is 10.2. The fourth-order valence-corrected chi connectivity index (χ4v) is 1.82. The fraction of sp³-hybridized carbons (Fsp3) is 0.273. The molecule has 0 aromatic heterocycles. The highest BCUT2D eigenvalue weighted by molar-refractivity contribution is 6.39. The lowest BCUT2D eigenvalue weighted by Crippen LogP contribution is -2.33. The van der Waals surface area contributed by atoms with Gasteiger partial charge in [0, 0.05) is 13.0 Å². The molecule has 0 aliphatic heterocycles. The minimum absolute atomic E-state index is 0.0333. The van der Waals surface area contributed by atoms with Gasteiger partial charge >= 0.3 is 12.0 Å². The first-order valence-corrected chi connectivity index (χ1v) is 6.17. The third-order valence-electron chi connectivity index (χ3n) is 2.23. The SMILES string of the molecule is O=C(NCCC(O)C(=O)O)Nc1c(Cl)cc(F)cc1Cl. The minimum atomic E-state index is -1.56. The van der Waals surface area contributed by atoms with Crippen LogP contribution >= 0.6 is 23.2 Å². The molecule has 110 valence electrons. The number of nitrogens with one attached hydrogen (secondary N) is 2. The van der Waals surface area contributed by atoms with Gasteiger partial charge in [-0.1, -0.05) is 23.2 Å². The van der Waals surface area contributed by atoms with Crippen LogP contribution in [0, 0.1) is 5.82 Å². The van der Waals surface area contributed by atoms with E-state index in [-0.39, 0.29) is 28.7 Å². The molecule has 4 N–H and O–H groups in total. The third-order valence-corrected chi connectivity index (χ3v) is 2.83. The van der Waals surface area contributed by atoms with Gasteiger partial charge in [0.15, 0.2) is 6.10 Å². The van der Waals surface area contributed by atoms with Crippen molar-refractivity contribution in [2.24, 2.45) is 0 Å². The topological polar surface area (TPSA) is 98.7 Å². The second-order valence-electron chi connectivity index (χ2n) is 3.77. The van der Waals surface area contributed by atoms with E-state index in [9.17, 15) is 14.0 Å². The van der Waals surface area contributed by atoms with Gasteiger partial charge in [0.2, 0.25) is 0 Å². The van der Waals surface area contributed by atoms with Crippen molar-refractivity contribution >= 4 is 40.9 Å². The Bertz CT molecular complexity index is 504. The molecule has 20 heavy (non-hydrogen) atoms. The standard InChI is InChI=1S/C11H11Cl2FN2O4/c12-6-3-5(14)4-7(13)9(6)16-11(20)15-2-1-8(17)10(18)19/h3-4,8,17H,1-2H2,(H,18,19)(H2,15,16,20). The van der Waals surface area contributed by atoms with E-state index in [0.717, 1.165) is 12.1 Å². The molecule has 9 heteroatoms. The molecular weight excluding hydrogens is 314 g/mol. The van der Waals surface area contributed by atoms with Gasteiger partial charge in [-0.05, 0) is 12.1 Å². The molecule has 0 saturated heterocycles. The van der Waals surface area contributed by atoms with Crippen LogP contribution < -0.4 is 10.6 Å². The van der Waals surface area contributed by atoms with Gasteiger partial charge in [-0.25, -0.2) is 14.0 Å². The molecule has 0 bridgehead atoms. The van der Waals surface area contributed by atoms with Crippen LogP contribution in [0.25, 0.3) is 0 Å². The predicted molar refractivity (Wildman–Crippen MR) is 71.7 cm³/mol. The van der Waals surface area contributed by atoms with Crippen LogP contribution in [0.3, 0.4) is 0 Å². The van der Waals surface area contributed by atoms with Crippen LogP contribution in [-0.4, -0.2) is 34.9 Å². The first kappa shape index (κ1) is 16.5. The van der Waals surface area contributed by atoms with E-state index in [1.807, 2.05) is 0 Å². The van der Waals surface area contributed by atoms with E-state index in [4.69, 9.17) is 33.4 Å². The van der Waals surface area contributed by atoms with Gasteiger partial charge in [-0.15, -0.1) is 0 Å². The van der Waals surface area contributed by atoms with Crippen LogP contribution in [0.1, 0.15) is 6.42 Å². The molecule has 2 amide bonds. The summed E-state index contributed by atoms with van der Waals surface area (Å²) in [5, 5.41) is 21.9. The lowest BCUT2D eigenvalue weighted by Gasteiger charge is -2.11. The number of aliphatic carboxylic acids is 1. The number of rotatable bonds is 5. The smallest absolute Gasteiger partial charge is 0.332 e. The Morgan fingerprint density at radius 2 is 1.85 bits per heavy atom. The molecule has 1 rings (SSSR count). The number of benzene rings is 1. The number of hydrogen-bond donors (Lipinski definition) is 4. The number of amides is 2. The Morgan fingerprint density at radius 3 is 2.35 bits per heavy atom. The van der Waals surface area contributed by atoms with Gasteiger partial charge in [0.1, 0.15) is 5.82 Å².